The molecule has 92 valence electrons. The molecule has 0 aromatic heterocycles. The van der Waals surface area contributed by atoms with Crippen molar-refractivity contribution in [2.75, 3.05) is 26.3 Å². The van der Waals surface area contributed by atoms with Crippen LogP contribution >= 0.6 is 0 Å². The predicted molar refractivity (Wildman–Crippen MR) is 74.0 cm³/mol. The molecule has 2 nitrogen and oxygen atoms in total. The molecule has 0 radical (unpaired) electrons. The minimum atomic E-state index is 0.757. The van der Waals surface area contributed by atoms with Gasteiger partial charge in [0.2, 0.25) is 0 Å². The highest BCUT2D eigenvalue weighted by atomic mass is 16.5. The van der Waals surface area contributed by atoms with Gasteiger partial charge in [0.25, 0.3) is 0 Å². The van der Waals surface area contributed by atoms with E-state index in [1.165, 1.54) is 5.56 Å². The Kier molecular flexibility index (Phi) is 7.90. The minimum absolute atomic E-state index is 0.757. The topological polar surface area (TPSA) is 21.3 Å². The molecule has 0 aliphatic carbocycles. The van der Waals surface area contributed by atoms with E-state index in [9.17, 15) is 0 Å². The summed E-state index contributed by atoms with van der Waals surface area (Å²) in [6.07, 6.45) is 7.04. The van der Waals surface area contributed by atoms with Crippen molar-refractivity contribution in [2.24, 2.45) is 0 Å². The van der Waals surface area contributed by atoms with Gasteiger partial charge in [0.05, 0.1) is 13.2 Å². The number of nitrogens with one attached hydrogen (secondary N) is 1. The summed E-state index contributed by atoms with van der Waals surface area (Å²) in [7, 11) is 0. The second-order valence-electron chi connectivity index (χ2n) is 3.71. The Morgan fingerprint density at radius 2 is 2.00 bits per heavy atom. The maximum atomic E-state index is 5.38. The summed E-state index contributed by atoms with van der Waals surface area (Å²) in [6.45, 7) is 6.93. The smallest absolute Gasteiger partial charge is 0.0591 e. The van der Waals surface area contributed by atoms with E-state index in [1.807, 2.05) is 24.3 Å². The third-order valence-corrected chi connectivity index (χ3v) is 2.26. The number of hydrogen-bond acceptors (Lipinski definition) is 2. The van der Waals surface area contributed by atoms with Gasteiger partial charge in [-0.05, 0) is 12.0 Å². The Hall–Kier alpha value is -1.38. The molecule has 0 saturated carbocycles. The predicted octanol–water partition coefficient (Wildman–Crippen LogP) is 2.88. The molecule has 0 atom stereocenters. The van der Waals surface area contributed by atoms with Crippen molar-refractivity contribution in [3.05, 3.63) is 54.6 Å². The lowest BCUT2D eigenvalue weighted by atomic mass is 10.2. The quantitative estimate of drug-likeness (QED) is 0.521. The SMILES string of the molecule is C=CCCOCCNC/C=C/c1ccccc1. The summed E-state index contributed by atoms with van der Waals surface area (Å²) < 4.78 is 5.38. The van der Waals surface area contributed by atoms with Crippen LogP contribution in [0, 0.1) is 0 Å². The molecule has 0 bridgehead atoms. The van der Waals surface area contributed by atoms with Crippen LogP contribution in [-0.4, -0.2) is 26.3 Å². The van der Waals surface area contributed by atoms with E-state index in [-0.39, 0.29) is 0 Å². The highest BCUT2D eigenvalue weighted by molar-refractivity contribution is 5.48. The number of hydrogen-bond donors (Lipinski definition) is 1. The summed E-state index contributed by atoms with van der Waals surface area (Å²) in [6, 6.07) is 10.3. The first kappa shape index (κ1) is 13.7. The highest BCUT2D eigenvalue weighted by Gasteiger charge is 1.86. The van der Waals surface area contributed by atoms with Crippen LogP contribution in [0.3, 0.4) is 0 Å². The van der Waals surface area contributed by atoms with Gasteiger partial charge in [0, 0.05) is 13.1 Å². The van der Waals surface area contributed by atoms with Crippen LogP contribution in [0.5, 0.6) is 0 Å². The molecule has 0 aliphatic rings. The largest absolute Gasteiger partial charge is 0.380 e. The molecule has 1 aromatic rings. The van der Waals surface area contributed by atoms with Gasteiger partial charge < -0.3 is 10.1 Å². The van der Waals surface area contributed by atoms with Crippen LogP contribution in [0.4, 0.5) is 0 Å². The van der Waals surface area contributed by atoms with E-state index >= 15 is 0 Å². The van der Waals surface area contributed by atoms with E-state index in [0.717, 1.165) is 32.7 Å². The lowest BCUT2D eigenvalue weighted by Crippen LogP contribution is -2.19. The molecule has 1 rings (SSSR count). The first-order chi connectivity index (χ1) is 8.43. The van der Waals surface area contributed by atoms with Crippen molar-refractivity contribution in [1.29, 1.82) is 0 Å². The Bertz CT molecular complexity index is 319. The van der Waals surface area contributed by atoms with Gasteiger partial charge in [-0.25, -0.2) is 0 Å². The molecule has 1 aromatic carbocycles. The number of ether oxygens (including phenoxy) is 1. The average Bonchev–Trinajstić information content (AvgIpc) is 2.38. The fourth-order valence-electron chi connectivity index (χ4n) is 1.36. The second-order valence-corrected chi connectivity index (χ2v) is 3.71. The van der Waals surface area contributed by atoms with Gasteiger partial charge >= 0.3 is 0 Å². The van der Waals surface area contributed by atoms with E-state index in [2.05, 4.69) is 36.2 Å². The molecule has 0 aliphatic heterocycles. The average molecular weight is 231 g/mol. The first-order valence-electron chi connectivity index (χ1n) is 6.04. The number of benzene rings is 1. The van der Waals surface area contributed by atoms with E-state index in [4.69, 9.17) is 4.74 Å². The first-order valence-corrected chi connectivity index (χ1v) is 6.04. The fraction of sp³-hybridized carbons (Fsp3) is 0.333. The van der Waals surface area contributed by atoms with Gasteiger partial charge in [-0.3, -0.25) is 0 Å². The molecule has 0 saturated heterocycles. The monoisotopic (exact) mass is 231 g/mol. The summed E-state index contributed by atoms with van der Waals surface area (Å²) in [4.78, 5) is 0. The lowest BCUT2D eigenvalue weighted by molar-refractivity contribution is 0.141. The van der Waals surface area contributed by atoms with Crippen LogP contribution in [-0.2, 0) is 4.74 Å². The van der Waals surface area contributed by atoms with Crippen LogP contribution in [0.15, 0.2) is 49.1 Å². The number of rotatable bonds is 9. The standard InChI is InChI=1S/C15H21NO/c1-2-3-13-17-14-12-16-11-7-10-15-8-5-4-6-9-15/h2,4-10,16H,1,3,11-14H2/b10-7+. The minimum Gasteiger partial charge on any atom is -0.380 e. The zero-order chi connectivity index (χ0) is 12.2. The highest BCUT2D eigenvalue weighted by Crippen LogP contribution is 1.99. The zero-order valence-electron chi connectivity index (χ0n) is 10.3. The third-order valence-electron chi connectivity index (χ3n) is 2.26. The fourth-order valence-corrected chi connectivity index (χ4v) is 1.36. The maximum absolute atomic E-state index is 5.38. The van der Waals surface area contributed by atoms with E-state index in [1.54, 1.807) is 0 Å². The summed E-state index contributed by atoms with van der Waals surface area (Å²) in [5.41, 5.74) is 1.23. The maximum Gasteiger partial charge on any atom is 0.0591 e. The van der Waals surface area contributed by atoms with Crippen molar-refractivity contribution < 1.29 is 4.74 Å². The summed E-state index contributed by atoms with van der Waals surface area (Å²) in [5.74, 6) is 0. The molecule has 0 amide bonds. The normalized spacial score (nSPS) is 10.8. The van der Waals surface area contributed by atoms with Gasteiger partial charge in [-0.15, -0.1) is 6.58 Å². The summed E-state index contributed by atoms with van der Waals surface area (Å²) >= 11 is 0. The molecular formula is C15H21NO. The van der Waals surface area contributed by atoms with Crippen LogP contribution < -0.4 is 5.32 Å². The van der Waals surface area contributed by atoms with Gasteiger partial charge in [-0.1, -0.05) is 48.6 Å². The molecule has 0 fully saturated rings. The molecule has 1 N–H and O–H groups in total. The van der Waals surface area contributed by atoms with Gasteiger partial charge in [0.15, 0.2) is 0 Å². The molecule has 0 unspecified atom stereocenters. The zero-order valence-corrected chi connectivity index (χ0v) is 10.3. The Morgan fingerprint density at radius 1 is 1.18 bits per heavy atom. The third kappa shape index (κ3) is 7.50. The van der Waals surface area contributed by atoms with E-state index in [0.29, 0.717) is 0 Å². The Labute approximate surface area is 104 Å². The van der Waals surface area contributed by atoms with Crippen molar-refractivity contribution in [3.8, 4) is 0 Å². The Balaban J connectivity index is 1.97. The van der Waals surface area contributed by atoms with Crippen molar-refractivity contribution >= 4 is 6.08 Å². The van der Waals surface area contributed by atoms with Crippen molar-refractivity contribution in [1.82, 2.24) is 5.32 Å². The van der Waals surface area contributed by atoms with Crippen LogP contribution in [0.2, 0.25) is 0 Å². The van der Waals surface area contributed by atoms with Crippen molar-refractivity contribution in [2.45, 2.75) is 6.42 Å². The molecule has 0 heterocycles. The molecule has 17 heavy (non-hydrogen) atoms. The molecule has 2 heteroatoms. The second kappa shape index (κ2) is 9.82. The summed E-state index contributed by atoms with van der Waals surface area (Å²) in [5, 5.41) is 3.29. The lowest BCUT2D eigenvalue weighted by Gasteiger charge is -2.02. The van der Waals surface area contributed by atoms with Gasteiger partial charge in [-0.2, -0.15) is 0 Å². The van der Waals surface area contributed by atoms with E-state index < -0.39 is 0 Å². The Morgan fingerprint density at radius 3 is 2.76 bits per heavy atom. The van der Waals surface area contributed by atoms with Crippen molar-refractivity contribution in [3.63, 3.8) is 0 Å². The van der Waals surface area contributed by atoms with Crippen LogP contribution in [0.1, 0.15) is 12.0 Å². The molecular weight excluding hydrogens is 210 g/mol. The van der Waals surface area contributed by atoms with Crippen LogP contribution in [0.25, 0.3) is 6.08 Å². The molecule has 0 spiro atoms. The van der Waals surface area contributed by atoms with Gasteiger partial charge in [0.1, 0.15) is 0 Å².